The highest BCUT2D eigenvalue weighted by Crippen LogP contribution is 2.36. The number of rotatable bonds is 2. The number of benzene rings is 1. The van der Waals surface area contributed by atoms with E-state index in [0.29, 0.717) is 0 Å². The SMILES string of the molecule is Cl.FC(F)(F)Sc1ccc([C@H]2CNCCN2)cc1. The lowest BCUT2D eigenvalue weighted by molar-refractivity contribution is -0.0328. The minimum Gasteiger partial charge on any atom is -0.314 e. The minimum atomic E-state index is -4.22. The second kappa shape index (κ2) is 6.65. The average Bonchev–Trinajstić information content (AvgIpc) is 2.29. The smallest absolute Gasteiger partial charge is 0.314 e. The molecule has 0 unspecified atom stereocenters. The third-order valence-electron chi connectivity index (χ3n) is 2.56. The molecule has 0 aliphatic carbocycles. The van der Waals surface area contributed by atoms with Gasteiger partial charge in [-0.1, -0.05) is 12.1 Å². The zero-order chi connectivity index (χ0) is 12.3. The Morgan fingerprint density at radius 2 is 1.78 bits per heavy atom. The number of nitrogens with one attached hydrogen (secondary N) is 2. The minimum absolute atomic E-state index is 0. The quantitative estimate of drug-likeness (QED) is 0.821. The van der Waals surface area contributed by atoms with Crippen LogP contribution in [0.5, 0.6) is 0 Å². The van der Waals surface area contributed by atoms with Crippen LogP contribution in [0.4, 0.5) is 13.2 Å². The molecular weight excluding hydrogens is 285 g/mol. The Bertz CT molecular complexity index is 364. The zero-order valence-electron chi connectivity index (χ0n) is 9.46. The summed E-state index contributed by atoms with van der Waals surface area (Å²) in [5.74, 6) is 0. The largest absolute Gasteiger partial charge is 0.446 e. The van der Waals surface area contributed by atoms with E-state index in [-0.39, 0.29) is 35.1 Å². The molecule has 2 rings (SSSR count). The van der Waals surface area contributed by atoms with Crippen LogP contribution < -0.4 is 10.6 Å². The molecule has 18 heavy (non-hydrogen) atoms. The van der Waals surface area contributed by atoms with Gasteiger partial charge in [0.25, 0.3) is 0 Å². The Kier molecular flexibility index (Phi) is 5.78. The summed E-state index contributed by atoms with van der Waals surface area (Å²) < 4.78 is 36.4. The molecule has 102 valence electrons. The van der Waals surface area contributed by atoms with Gasteiger partial charge in [0.1, 0.15) is 0 Å². The Morgan fingerprint density at radius 3 is 2.28 bits per heavy atom. The number of thioether (sulfide) groups is 1. The molecule has 0 saturated carbocycles. The summed E-state index contributed by atoms with van der Waals surface area (Å²) in [4.78, 5) is 0.227. The molecule has 1 aliphatic heterocycles. The first-order chi connectivity index (χ1) is 8.04. The first-order valence-electron chi connectivity index (χ1n) is 5.34. The van der Waals surface area contributed by atoms with Crippen molar-refractivity contribution in [3.05, 3.63) is 29.8 Å². The van der Waals surface area contributed by atoms with E-state index in [0.717, 1.165) is 25.2 Å². The Hall–Kier alpha value is -0.430. The Labute approximate surface area is 114 Å². The van der Waals surface area contributed by atoms with Crippen molar-refractivity contribution in [1.82, 2.24) is 10.6 Å². The highest BCUT2D eigenvalue weighted by atomic mass is 35.5. The van der Waals surface area contributed by atoms with Crippen LogP contribution in [0.15, 0.2) is 29.2 Å². The molecule has 7 heteroatoms. The molecule has 1 aromatic carbocycles. The molecule has 1 saturated heterocycles. The van der Waals surface area contributed by atoms with E-state index in [1.807, 2.05) is 0 Å². The second-order valence-electron chi connectivity index (χ2n) is 3.83. The van der Waals surface area contributed by atoms with Crippen LogP contribution >= 0.6 is 24.2 Å². The van der Waals surface area contributed by atoms with Gasteiger partial charge in [-0.3, -0.25) is 0 Å². The molecule has 0 bridgehead atoms. The van der Waals surface area contributed by atoms with Crippen LogP contribution in [-0.4, -0.2) is 25.1 Å². The standard InChI is InChI=1S/C11H13F3N2S.ClH/c12-11(13,14)17-9-3-1-8(2-4-9)10-7-15-5-6-16-10;/h1-4,10,15-16H,5-7H2;1H/t10-;/m1./s1. The molecule has 0 radical (unpaired) electrons. The van der Waals surface area contributed by atoms with Gasteiger partial charge in [-0.15, -0.1) is 12.4 Å². The van der Waals surface area contributed by atoms with Gasteiger partial charge in [0, 0.05) is 30.6 Å². The van der Waals surface area contributed by atoms with Crippen LogP contribution in [0.2, 0.25) is 0 Å². The fraction of sp³-hybridized carbons (Fsp3) is 0.455. The van der Waals surface area contributed by atoms with E-state index in [1.165, 1.54) is 12.1 Å². The highest BCUT2D eigenvalue weighted by molar-refractivity contribution is 8.00. The molecule has 1 fully saturated rings. The maximum absolute atomic E-state index is 12.1. The molecule has 0 aromatic heterocycles. The first kappa shape index (κ1) is 15.6. The fourth-order valence-electron chi connectivity index (χ4n) is 1.79. The average molecular weight is 299 g/mol. The lowest BCUT2D eigenvalue weighted by atomic mass is 10.1. The van der Waals surface area contributed by atoms with Crippen molar-refractivity contribution in [2.24, 2.45) is 0 Å². The third kappa shape index (κ3) is 4.68. The number of alkyl halides is 3. The van der Waals surface area contributed by atoms with Crippen LogP contribution in [-0.2, 0) is 0 Å². The van der Waals surface area contributed by atoms with Gasteiger partial charge in [-0.2, -0.15) is 13.2 Å². The maximum atomic E-state index is 12.1. The zero-order valence-corrected chi connectivity index (χ0v) is 11.1. The van der Waals surface area contributed by atoms with E-state index >= 15 is 0 Å². The van der Waals surface area contributed by atoms with Crippen molar-refractivity contribution in [3.63, 3.8) is 0 Å². The van der Waals surface area contributed by atoms with Crippen molar-refractivity contribution in [1.29, 1.82) is 0 Å². The molecule has 2 nitrogen and oxygen atoms in total. The molecule has 2 N–H and O–H groups in total. The van der Waals surface area contributed by atoms with Gasteiger partial charge >= 0.3 is 5.51 Å². The van der Waals surface area contributed by atoms with Gasteiger partial charge < -0.3 is 10.6 Å². The molecule has 1 aromatic rings. The van der Waals surface area contributed by atoms with Crippen molar-refractivity contribution in [2.45, 2.75) is 16.4 Å². The van der Waals surface area contributed by atoms with E-state index in [4.69, 9.17) is 0 Å². The van der Waals surface area contributed by atoms with E-state index in [1.54, 1.807) is 12.1 Å². The monoisotopic (exact) mass is 298 g/mol. The molecule has 1 heterocycles. The lowest BCUT2D eigenvalue weighted by Gasteiger charge is -2.25. The summed E-state index contributed by atoms with van der Waals surface area (Å²) in [6.07, 6.45) is 0. The molecular formula is C11H14ClF3N2S. The lowest BCUT2D eigenvalue weighted by Crippen LogP contribution is -2.42. The summed E-state index contributed by atoms with van der Waals surface area (Å²) in [5, 5.41) is 6.55. The predicted octanol–water partition coefficient (Wildman–Crippen LogP) is 2.95. The summed E-state index contributed by atoms with van der Waals surface area (Å²) >= 11 is -0.0799. The topological polar surface area (TPSA) is 24.1 Å². The molecule has 1 aliphatic rings. The first-order valence-corrected chi connectivity index (χ1v) is 6.16. The fourth-order valence-corrected chi connectivity index (χ4v) is 2.33. The molecule has 0 spiro atoms. The third-order valence-corrected chi connectivity index (χ3v) is 3.30. The summed E-state index contributed by atoms with van der Waals surface area (Å²) in [6, 6.07) is 6.72. The van der Waals surface area contributed by atoms with Crippen molar-refractivity contribution >= 4 is 24.2 Å². The van der Waals surface area contributed by atoms with Crippen molar-refractivity contribution < 1.29 is 13.2 Å². The highest BCUT2D eigenvalue weighted by Gasteiger charge is 2.29. The van der Waals surface area contributed by atoms with E-state index in [2.05, 4.69) is 10.6 Å². The summed E-state index contributed by atoms with van der Waals surface area (Å²) in [6.45, 7) is 2.62. The van der Waals surface area contributed by atoms with E-state index < -0.39 is 5.51 Å². The normalized spacial score (nSPS) is 20.3. The second-order valence-corrected chi connectivity index (χ2v) is 4.97. The number of halogens is 4. The van der Waals surface area contributed by atoms with Gasteiger partial charge in [0.15, 0.2) is 0 Å². The van der Waals surface area contributed by atoms with Gasteiger partial charge in [0.05, 0.1) is 0 Å². The van der Waals surface area contributed by atoms with Crippen LogP contribution in [0.25, 0.3) is 0 Å². The van der Waals surface area contributed by atoms with Gasteiger partial charge in [-0.25, -0.2) is 0 Å². The van der Waals surface area contributed by atoms with Crippen LogP contribution in [0.3, 0.4) is 0 Å². The van der Waals surface area contributed by atoms with Crippen LogP contribution in [0, 0.1) is 0 Å². The van der Waals surface area contributed by atoms with Gasteiger partial charge in [-0.05, 0) is 29.5 Å². The summed E-state index contributed by atoms with van der Waals surface area (Å²) in [7, 11) is 0. The van der Waals surface area contributed by atoms with Crippen LogP contribution in [0.1, 0.15) is 11.6 Å². The summed E-state index contributed by atoms with van der Waals surface area (Å²) in [5.41, 5.74) is -3.20. The maximum Gasteiger partial charge on any atom is 0.446 e. The molecule has 1 atom stereocenters. The number of hydrogen-bond acceptors (Lipinski definition) is 3. The van der Waals surface area contributed by atoms with Crippen molar-refractivity contribution in [2.75, 3.05) is 19.6 Å². The number of hydrogen-bond donors (Lipinski definition) is 2. The van der Waals surface area contributed by atoms with Crippen molar-refractivity contribution in [3.8, 4) is 0 Å². The van der Waals surface area contributed by atoms with E-state index in [9.17, 15) is 13.2 Å². The molecule has 0 amide bonds. The Balaban J connectivity index is 0.00000162. The van der Waals surface area contributed by atoms with Gasteiger partial charge in [0.2, 0.25) is 0 Å². The Morgan fingerprint density at radius 1 is 1.11 bits per heavy atom. The predicted molar refractivity (Wildman–Crippen MR) is 69.2 cm³/mol. The number of piperazine rings is 1.